The van der Waals surface area contributed by atoms with Gasteiger partial charge in [-0.2, -0.15) is 0 Å². The van der Waals surface area contributed by atoms with Crippen molar-refractivity contribution in [2.24, 2.45) is 17.8 Å². The molecule has 1 N–H and O–H groups in total. The van der Waals surface area contributed by atoms with Crippen LogP contribution in [0.3, 0.4) is 0 Å². The van der Waals surface area contributed by atoms with Gasteiger partial charge >= 0.3 is 0 Å². The van der Waals surface area contributed by atoms with Crippen molar-refractivity contribution in [1.82, 2.24) is 10.2 Å². The second-order valence-electron chi connectivity index (χ2n) is 7.09. The first-order valence-electron chi connectivity index (χ1n) is 7.79. The van der Waals surface area contributed by atoms with Gasteiger partial charge < -0.3 is 4.74 Å². The van der Waals surface area contributed by atoms with Crippen LogP contribution in [-0.2, 0) is 14.9 Å². The highest BCUT2D eigenvalue weighted by molar-refractivity contribution is 7.15. The van der Waals surface area contributed by atoms with Gasteiger partial charge in [-0.15, -0.1) is 10.2 Å². The number of carbonyl (C=O) groups is 1. The third kappa shape index (κ3) is 2.38. The first kappa shape index (κ1) is 13.6. The molecule has 4 saturated carbocycles. The number of ether oxygens (including phenoxy) is 1. The Bertz CT molecular complexity index is 522. The van der Waals surface area contributed by atoms with E-state index < -0.39 is 0 Å². The molecule has 0 unspecified atom stereocenters. The summed E-state index contributed by atoms with van der Waals surface area (Å²) in [5.74, 6) is 2.52. The zero-order valence-electron chi connectivity index (χ0n) is 12.3. The molecule has 0 atom stereocenters. The largest absolute Gasteiger partial charge is 0.375 e. The molecular formula is C15H21N3O2S. The maximum atomic E-state index is 11.6. The summed E-state index contributed by atoms with van der Waals surface area (Å²) in [6.07, 6.45) is 8.11. The van der Waals surface area contributed by atoms with Crippen molar-refractivity contribution in [3.8, 4) is 0 Å². The van der Waals surface area contributed by atoms with Crippen LogP contribution in [0.15, 0.2) is 0 Å². The number of rotatable bonds is 4. The van der Waals surface area contributed by atoms with Crippen LogP contribution in [-0.4, -0.2) is 29.8 Å². The molecule has 4 aliphatic carbocycles. The molecule has 4 fully saturated rings. The predicted octanol–water partition coefficient (Wildman–Crippen LogP) is 2.59. The van der Waals surface area contributed by atoms with Crippen molar-refractivity contribution >= 4 is 22.4 Å². The maximum absolute atomic E-state index is 11.6. The number of amides is 1. The van der Waals surface area contributed by atoms with Crippen molar-refractivity contribution in [3.63, 3.8) is 0 Å². The lowest BCUT2D eigenvalue weighted by atomic mass is 9.50. The van der Waals surface area contributed by atoms with E-state index in [0.29, 0.717) is 5.13 Å². The van der Waals surface area contributed by atoms with Crippen molar-refractivity contribution in [1.29, 1.82) is 0 Å². The smallest absolute Gasteiger partial charge is 0.252 e. The normalized spacial score (nSPS) is 36.9. The first-order chi connectivity index (χ1) is 10.2. The summed E-state index contributed by atoms with van der Waals surface area (Å²) in [7, 11) is 1.51. The Morgan fingerprint density at radius 3 is 2.43 bits per heavy atom. The van der Waals surface area contributed by atoms with Crippen LogP contribution in [0, 0.1) is 17.8 Å². The van der Waals surface area contributed by atoms with Crippen molar-refractivity contribution in [2.75, 3.05) is 19.0 Å². The number of hydrogen-bond donors (Lipinski definition) is 1. The molecule has 0 aliphatic heterocycles. The summed E-state index contributed by atoms with van der Waals surface area (Å²) in [6.45, 7) is 0.0618. The molecule has 0 aromatic carbocycles. The molecule has 1 aromatic rings. The fourth-order valence-corrected chi connectivity index (χ4v) is 6.12. The zero-order valence-corrected chi connectivity index (χ0v) is 13.1. The molecule has 4 bridgehead atoms. The van der Waals surface area contributed by atoms with E-state index in [9.17, 15) is 4.79 Å². The average Bonchev–Trinajstić information content (AvgIpc) is 2.86. The lowest BCUT2D eigenvalue weighted by Gasteiger charge is -2.55. The molecule has 1 heterocycles. The van der Waals surface area contributed by atoms with Crippen LogP contribution < -0.4 is 5.32 Å². The van der Waals surface area contributed by atoms with E-state index in [-0.39, 0.29) is 17.9 Å². The topological polar surface area (TPSA) is 64.1 Å². The third-order valence-corrected chi connectivity index (χ3v) is 6.52. The Labute approximate surface area is 128 Å². The van der Waals surface area contributed by atoms with Crippen molar-refractivity contribution < 1.29 is 9.53 Å². The van der Waals surface area contributed by atoms with E-state index in [1.54, 1.807) is 11.3 Å². The highest BCUT2D eigenvalue weighted by atomic mass is 32.1. The quantitative estimate of drug-likeness (QED) is 0.928. The number of hydrogen-bond acceptors (Lipinski definition) is 5. The Morgan fingerprint density at radius 2 is 1.86 bits per heavy atom. The summed E-state index contributed by atoms with van der Waals surface area (Å²) in [4.78, 5) is 11.6. The van der Waals surface area contributed by atoms with E-state index in [4.69, 9.17) is 4.74 Å². The second kappa shape index (κ2) is 5.02. The van der Waals surface area contributed by atoms with Crippen LogP contribution >= 0.6 is 11.3 Å². The van der Waals surface area contributed by atoms with E-state index in [0.717, 1.165) is 22.8 Å². The van der Waals surface area contributed by atoms with Gasteiger partial charge in [-0.25, -0.2) is 0 Å². The number of carbonyl (C=O) groups excluding carboxylic acids is 1. The fraction of sp³-hybridized carbons (Fsp3) is 0.800. The second-order valence-corrected chi connectivity index (χ2v) is 8.07. The Morgan fingerprint density at radius 1 is 1.24 bits per heavy atom. The van der Waals surface area contributed by atoms with Gasteiger partial charge in [0, 0.05) is 12.5 Å². The van der Waals surface area contributed by atoms with Gasteiger partial charge in [-0.05, 0) is 56.3 Å². The van der Waals surface area contributed by atoms with Crippen LogP contribution in [0.2, 0.25) is 0 Å². The van der Waals surface area contributed by atoms with Crippen LogP contribution in [0.5, 0.6) is 0 Å². The van der Waals surface area contributed by atoms with Gasteiger partial charge in [0.2, 0.25) is 5.13 Å². The van der Waals surface area contributed by atoms with Crippen molar-refractivity contribution in [2.45, 2.75) is 43.9 Å². The minimum absolute atomic E-state index is 0.0618. The molecular weight excluding hydrogens is 286 g/mol. The number of methoxy groups -OCH3 is 1. The summed E-state index contributed by atoms with van der Waals surface area (Å²) in [5.41, 5.74) is 0.261. The zero-order chi connectivity index (χ0) is 14.4. The Hall–Kier alpha value is -1.01. The third-order valence-electron chi connectivity index (χ3n) is 5.44. The van der Waals surface area contributed by atoms with Crippen LogP contribution in [0.4, 0.5) is 5.13 Å². The number of nitrogens with one attached hydrogen (secondary N) is 1. The molecule has 21 heavy (non-hydrogen) atoms. The SMILES string of the molecule is COCC(=O)Nc1nnc(C23CC4CC(CC(C4)C2)C3)s1. The highest BCUT2D eigenvalue weighted by Crippen LogP contribution is 2.61. The standard InChI is InChI=1S/C15H21N3O2S/c1-20-8-12(19)16-14-18-17-13(21-14)15-5-9-2-10(6-15)4-11(3-9)7-15/h9-11H,2-8H2,1H3,(H,16,18,19). The van der Waals surface area contributed by atoms with E-state index >= 15 is 0 Å². The molecule has 4 aliphatic rings. The predicted molar refractivity (Wildman–Crippen MR) is 80.3 cm³/mol. The Kier molecular flexibility index (Phi) is 3.26. The molecule has 0 radical (unpaired) electrons. The molecule has 114 valence electrons. The summed E-state index contributed by atoms with van der Waals surface area (Å²) >= 11 is 1.57. The summed E-state index contributed by atoms with van der Waals surface area (Å²) in [6, 6.07) is 0. The van der Waals surface area contributed by atoms with Gasteiger partial charge in [-0.1, -0.05) is 11.3 Å². The molecule has 1 aromatic heterocycles. The molecule has 6 heteroatoms. The molecule has 0 spiro atoms. The van der Waals surface area contributed by atoms with Crippen molar-refractivity contribution in [3.05, 3.63) is 5.01 Å². The fourth-order valence-electron chi connectivity index (χ4n) is 5.15. The molecule has 1 amide bonds. The Balaban J connectivity index is 1.54. The lowest BCUT2D eigenvalue weighted by Crippen LogP contribution is -2.48. The van der Waals surface area contributed by atoms with E-state index in [1.165, 1.54) is 45.6 Å². The minimum Gasteiger partial charge on any atom is -0.375 e. The first-order valence-corrected chi connectivity index (χ1v) is 8.61. The van der Waals surface area contributed by atoms with Gasteiger partial charge in [0.25, 0.3) is 5.91 Å². The van der Waals surface area contributed by atoms with Gasteiger partial charge in [0.1, 0.15) is 11.6 Å². The monoisotopic (exact) mass is 307 g/mol. The number of aromatic nitrogens is 2. The molecule has 5 nitrogen and oxygen atoms in total. The van der Waals surface area contributed by atoms with E-state index in [2.05, 4.69) is 15.5 Å². The maximum Gasteiger partial charge on any atom is 0.252 e. The average molecular weight is 307 g/mol. The summed E-state index contributed by atoms with van der Waals surface area (Å²) in [5, 5.41) is 13.1. The van der Waals surface area contributed by atoms with Gasteiger partial charge in [0.15, 0.2) is 0 Å². The molecule has 5 rings (SSSR count). The highest BCUT2D eigenvalue weighted by Gasteiger charge is 2.53. The van der Waals surface area contributed by atoms with Gasteiger partial charge in [0.05, 0.1) is 0 Å². The molecule has 0 saturated heterocycles. The minimum atomic E-state index is -0.161. The van der Waals surface area contributed by atoms with Crippen LogP contribution in [0.25, 0.3) is 0 Å². The summed E-state index contributed by atoms with van der Waals surface area (Å²) < 4.78 is 4.83. The van der Waals surface area contributed by atoms with Gasteiger partial charge in [-0.3, -0.25) is 10.1 Å². The van der Waals surface area contributed by atoms with E-state index in [1.807, 2.05) is 0 Å². The lowest BCUT2D eigenvalue weighted by molar-refractivity contribution is -0.119. The number of nitrogens with zero attached hydrogens (tertiary/aromatic N) is 2. The van der Waals surface area contributed by atoms with Crippen LogP contribution in [0.1, 0.15) is 43.5 Å². The number of anilines is 1.